The molecule has 1 aromatic rings. The van der Waals surface area contributed by atoms with E-state index >= 15 is 0 Å². The van der Waals surface area contributed by atoms with Gasteiger partial charge in [-0.05, 0) is 37.5 Å². The van der Waals surface area contributed by atoms with Gasteiger partial charge in [-0.3, -0.25) is 9.78 Å². The Kier molecular flexibility index (Phi) is 5.29. The van der Waals surface area contributed by atoms with Crippen LogP contribution in [0, 0.1) is 0 Å². The van der Waals surface area contributed by atoms with Crippen LogP contribution in [0.5, 0.6) is 0 Å². The Balaban J connectivity index is 2.79. The van der Waals surface area contributed by atoms with Crippen molar-refractivity contribution in [3.05, 3.63) is 30.1 Å². The zero-order valence-electron chi connectivity index (χ0n) is 10.9. The second kappa shape index (κ2) is 6.50. The molecule has 0 N–H and O–H groups in total. The lowest BCUT2D eigenvalue weighted by molar-refractivity contribution is -0.144. The Hall–Kier alpha value is -1.22. The second-order valence-corrected chi connectivity index (χ2v) is 4.09. The molecule has 3 nitrogen and oxygen atoms in total. The number of hydrogen-bond donors (Lipinski definition) is 0. The van der Waals surface area contributed by atoms with Crippen LogP contribution in [0.25, 0.3) is 0 Å². The van der Waals surface area contributed by atoms with Crippen molar-refractivity contribution in [1.29, 1.82) is 0 Å². The van der Waals surface area contributed by atoms with Gasteiger partial charge >= 0.3 is 0 Å². The van der Waals surface area contributed by atoms with Gasteiger partial charge in [0, 0.05) is 25.4 Å². The molecular formula is C14H21NO2. The molecule has 0 radical (unpaired) electrons. The maximum atomic E-state index is 12.3. The smallest absolute Gasteiger partial charge is 0.168 e. The molecule has 0 bridgehead atoms. The zero-order chi connectivity index (χ0) is 12.7. The molecule has 0 fully saturated rings. The first-order chi connectivity index (χ1) is 8.18. The molecule has 0 aliphatic heterocycles. The normalized spacial score (nSPS) is 11.5. The van der Waals surface area contributed by atoms with Gasteiger partial charge < -0.3 is 4.74 Å². The number of hydrogen-bond acceptors (Lipinski definition) is 3. The highest BCUT2D eigenvalue weighted by molar-refractivity contribution is 5.89. The summed E-state index contributed by atoms with van der Waals surface area (Å²) >= 11 is 0. The lowest BCUT2D eigenvalue weighted by atomic mass is 9.88. The van der Waals surface area contributed by atoms with E-state index in [9.17, 15) is 4.79 Å². The van der Waals surface area contributed by atoms with Crippen LogP contribution in [0.3, 0.4) is 0 Å². The molecule has 1 aromatic heterocycles. The van der Waals surface area contributed by atoms with Crippen molar-refractivity contribution in [2.45, 2.75) is 45.6 Å². The van der Waals surface area contributed by atoms with Crippen LogP contribution in [-0.4, -0.2) is 23.0 Å². The summed E-state index contributed by atoms with van der Waals surface area (Å²) < 4.78 is 5.70. The van der Waals surface area contributed by atoms with Crippen LogP contribution in [0.4, 0.5) is 0 Å². The lowest BCUT2D eigenvalue weighted by Crippen LogP contribution is -2.41. The number of carbonyl (C=O) groups is 1. The summed E-state index contributed by atoms with van der Waals surface area (Å²) in [6.45, 7) is 6.51. The van der Waals surface area contributed by atoms with Gasteiger partial charge in [0.25, 0.3) is 0 Å². The van der Waals surface area contributed by atoms with Crippen LogP contribution in [0.1, 0.15) is 39.2 Å². The van der Waals surface area contributed by atoms with Crippen LogP contribution in [0.2, 0.25) is 0 Å². The van der Waals surface area contributed by atoms with E-state index in [1.54, 1.807) is 12.4 Å². The van der Waals surface area contributed by atoms with Crippen LogP contribution in [0.15, 0.2) is 24.5 Å². The Bertz CT molecular complexity index is 344. The second-order valence-electron chi connectivity index (χ2n) is 4.09. The minimum Gasteiger partial charge on any atom is -0.368 e. The van der Waals surface area contributed by atoms with E-state index in [-0.39, 0.29) is 5.78 Å². The molecule has 0 saturated carbocycles. The van der Waals surface area contributed by atoms with Crippen LogP contribution in [-0.2, 0) is 16.0 Å². The van der Waals surface area contributed by atoms with E-state index in [0.29, 0.717) is 13.0 Å². The Morgan fingerprint density at radius 3 is 2.29 bits per heavy atom. The van der Waals surface area contributed by atoms with E-state index < -0.39 is 5.60 Å². The molecule has 1 heterocycles. The van der Waals surface area contributed by atoms with E-state index in [1.165, 1.54) is 0 Å². The van der Waals surface area contributed by atoms with Crippen LogP contribution >= 0.6 is 0 Å². The number of carbonyl (C=O) groups excluding carboxylic acids is 1. The first-order valence-electron chi connectivity index (χ1n) is 6.24. The number of aromatic nitrogens is 1. The topological polar surface area (TPSA) is 39.2 Å². The van der Waals surface area contributed by atoms with Crippen molar-refractivity contribution in [3.8, 4) is 0 Å². The van der Waals surface area contributed by atoms with Gasteiger partial charge in [0.15, 0.2) is 5.78 Å². The minimum atomic E-state index is -0.613. The highest BCUT2D eigenvalue weighted by Gasteiger charge is 2.34. The standard InChI is InChI=1S/C14H21NO2/c1-4-14(5-2,17-6-3)13(16)11-12-7-9-15-10-8-12/h7-10H,4-6,11H2,1-3H3. The zero-order valence-corrected chi connectivity index (χ0v) is 10.9. The Labute approximate surface area is 103 Å². The van der Waals surface area contributed by atoms with E-state index in [0.717, 1.165) is 18.4 Å². The third-order valence-electron chi connectivity index (χ3n) is 3.19. The maximum absolute atomic E-state index is 12.3. The number of ether oxygens (including phenoxy) is 1. The van der Waals surface area contributed by atoms with Gasteiger partial charge in [-0.1, -0.05) is 13.8 Å². The summed E-state index contributed by atoms with van der Waals surface area (Å²) in [5.41, 5.74) is 0.383. The average Bonchev–Trinajstić information content (AvgIpc) is 2.37. The fraction of sp³-hybridized carbons (Fsp3) is 0.571. The molecule has 1 rings (SSSR count). The SMILES string of the molecule is CCOC(CC)(CC)C(=O)Cc1ccncc1. The molecule has 0 amide bonds. The molecule has 0 aliphatic rings. The molecule has 17 heavy (non-hydrogen) atoms. The number of ketones is 1. The average molecular weight is 235 g/mol. The largest absolute Gasteiger partial charge is 0.368 e. The lowest BCUT2D eigenvalue weighted by Gasteiger charge is -2.30. The predicted molar refractivity (Wildman–Crippen MR) is 67.9 cm³/mol. The van der Waals surface area contributed by atoms with E-state index in [1.807, 2.05) is 32.9 Å². The molecule has 3 heteroatoms. The van der Waals surface area contributed by atoms with Gasteiger partial charge in [-0.25, -0.2) is 0 Å². The van der Waals surface area contributed by atoms with Gasteiger partial charge in [-0.2, -0.15) is 0 Å². The summed E-state index contributed by atoms with van der Waals surface area (Å²) in [5.74, 6) is 0.163. The molecule has 0 atom stereocenters. The highest BCUT2D eigenvalue weighted by atomic mass is 16.5. The van der Waals surface area contributed by atoms with E-state index in [2.05, 4.69) is 4.98 Å². The van der Waals surface area contributed by atoms with Gasteiger partial charge in [0.2, 0.25) is 0 Å². The third kappa shape index (κ3) is 3.37. The fourth-order valence-corrected chi connectivity index (χ4v) is 2.05. The van der Waals surface area contributed by atoms with Crippen molar-refractivity contribution in [3.63, 3.8) is 0 Å². The quantitative estimate of drug-likeness (QED) is 0.729. The number of pyridine rings is 1. The van der Waals surface area contributed by atoms with Crippen molar-refractivity contribution in [2.75, 3.05) is 6.61 Å². The van der Waals surface area contributed by atoms with Crippen molar-refractivity contribution in [1.82, 2.24) is 4.98 Å². The van der Waals surface area contributed by atoms with Crippen molar-refractivity contribution in [2.24, 2.45) is 0 Å². The van der Waals surface area contributed by atoms with Gasteiger partial charge in [0.05, 0.1) is 0 Å². The molecule has 0 unspecified atom stereocenters. The third-order valence-corrected chi connectivity index (χ3v) is 3.19. The monoisotopic (exact) mass is 235 g/mol. The summed E-state index contributed by atoms with van der Waals surface area (Å²) in [6, 6.07) is 3.75. The molecule has 0 spiro atoms. The number of rotatable bonds is 7. The molecular weight excluding hydrogens is 214 g/mol. The highest BCUT2D eigenvalue weighted by Crippen LogP contribution is 2.23. The van der Waals surface area contributed by atoms with Gasteiger partial charge in [-0.15, -0.1) is 0 Å². The van der Waals surface area contributed by atoms with Crippen molar-refractivity contribution >= 4 is 5.78 Å². The minimum absolute atomic E-state index is 0.163. The molecule has 94 valence electrons. The molecule has 0 aliphatic carbocycles. The predicted octanol–water partition coefficient (Wildman–Crippen LogP) is 2.79. The van der Waals surface area contributed by atoms with Crippen molar-refractivity contribution < 1.29 is 9.53 Å². The molecule has 0 saturated heterocycles. The Morgan fingerprint density at radius 1 is 1.24 bits per heavy atom. The van der Waals surface area contributed by atoms with E-state index in [4.69, 9.17) is 4.74 Å². The number of Topliss-reactive ketones (excluding diaryl/α,β-unsaturated/α-hetero) is 1. The first kappa shape index (κ1) is 13.8. The maximum Gasteiger partial charge on any atom is 0.168 e. The Morgan fingerprint density at radius 2 is 1.82 bits per heavy atom. The van der Waals surface area contributed by atoms with Gasteiger partial charge in [0.1, 0.15) is 5.60 Å². The summed E-state index contributed by atoms with van der Waals surface area (Å²) in [7, 11) is 0. The van der Waals surface area contributed by atoms with Crippen LogP contribution < -0.4 is 0 Å². The molecule has 0 aromatic carbocycles. The first-order valence-corrected chi connectivity index (χ1v) is 6.24. The summed E-state index contributed by atoms with van der Waals surface area (Å²) in [5, 5.41) is 0. The fourth-order valence-electron chi connectivity index (χ4n) is 2.05. The summed E-state index contributed by atoms with van der Waals surface area (Å²) in [6.07, 6.45) is 5.29. The summed E-state index contributed by atoms with van der Waals surface area (Å²) in [4.78, 5) is 16.3. The number of nitrogens with zero attached hydrogens (tertiary/aromatic N) is 1.